The van der Waals surface area contributed by atoms with E-state index in [0.29, 0.717) is 4.83 Å². The van der Waals surface area contributed by atoms with Crippen molar-refractivity contribution in [3.63, 3.8) is 0 Å². The number of aromatic nitrogens is 2. The molecule has 0 bridgehead atoms. The maximum absolute atomic E-state index is 6.55. The lowest BCUT2D eigenvalue weighted by atomic mass is 9.82. The van der Waals surface area contributed by atoms with E-state index in [1.807, 2.05) is 36.4 Å². The van der Waals surface area contributed by atoms with Gasteiger partial charge in [0.2, 0.25) is 0 Å². The van der Waals surface area contributed by atoms with Gasteiger partial charge in [0.1, 0.15) is 11.9 Å². The summed E-state index contributed by atoms with van der Waals surface area (Å²) in [4.78, 5) is 10.3. The van der Waals surface area contributed by atoms with Gasteiger partial charge in [-0.1, -0.05) is 113 Å². The Balaban J connectivity index is 1.30. The largest absolute Gasteiger partial charge is 0.484 e. The highest BCUT2D eigenvalue weighted by Crippen LogP contribution is 2.46. The van der Waals surface area contributed by atoms with Gasteiger partial charge in [-0.25, -0.2) is 9.97 Å². The number of ether oxygens (including phenoxy) is 1. The average molecular weight is 557 g/mol. The van der Waals surface area contributed by atoms with E-state index >= 15 is 0 Å². The van der Waals surface area contributed by atoms with Crippen LogP contribution in [0.3, 0.4) is 0 Å². The molecule has 3 unspecified atom stereocenters. The first-order valence-electron chi connectivity index (χ1n) is 12.9. The summed E-state index contributed by atoms with van der Waals surface area (Å²) in [5.74, 6) is 1.84. The van der Waals surface area contributed by atoms with Gasteiger partial charge in [-0.15, -0.1) is 0 Å². The first kappa shape index (κ1) is 23.1. The van der Waals surface area contributed by atoms with Gasteiger partial charge in [0, 0.05) is 38.6 Å². The molecule has 0 spiro atoms. The summed E-state index contributed by atoms with van der Waals surface area (Å²) in [5.41, 5.74) is 8.58. The molecule has 2 heterocycles. The number of halogens is 1. The summed E-state index contributed by atoms with van der Waals surface area (Å²) < 4.78 is 6.55. The third-order valence-corrected chi connectivity index (χ3v) is 7.96. The number of rotatable bonds is 4. The van der Waals surface area contributed by atoms with E-state index in [1.54, 1.807) is 0 Å². The molecule has 3 atom stereocenters. The smallest absolute Gasteiger partial charge is 0.160 e. The molecule has 3 aromatic carbocycles. The van der Waals surface area contributed by atoms with Crippen molar-refractivity contribution in [3.05, 3.63) is 133 Å². The lowest BCUT2D eigenvalue weighted by molar-refractivity contribution is 0.244. The zero-order valence-electron chi connectivity index (χ0n) is 20.7. The fourth-order valence-electron chi connectivity index (χ4n) is 5.45. The Morgan fingerprint density at radius 1 is 0.789 bits per heavy atom. The topological polar surface area (TPSA) is 35.0 Å². The van der Waals surface area contributed by atoms with E-state index in [0.717, 1.165) is 51.6 Å². The number of alkyl halides is 1. The van der Waals surface area contributed by atoms with Crippen molar-refractivity contribution in [2.45, 2.75) is 17.4 Å². The van der Waals surface area contributed by atoms with E-state index in [2.05, 4.69) is 101 Å². The molecule has 2 aliphatic carbocycles. The summed E-state index contributed by atoms with van der Waals surface area (Å²) in [5, 5.41) is 0. The van der Waals surface area contributed by atoms with E-state index < -0.39 is 0 Å². The minimum atomic E-state index is -0.0240. The lowest BCUT2D eigenvalue weighted by Crippen LogP contribution is -2.26. The molecule has 0 radical (unpaired) electrons. The Kier molecular flexibility index (Phi) is 5.90. The molecule has 1 aromatic heterocycles. The van der Waals surface area contributed by atoms with Gasteiger partial charge in [0.15, 0.2) is 5.82 Å². The van der Waals surface area contributed by atoms with Crippen molar-refractivity contribution >= 4 is 21.5 Å². The number of fused-ring (bicyclic) bond motifs is 3. The standard InChI is InChI=1S/C34H25BrN2O/c35-26-14-7-13-24(19-26)27-15-8-16-28-29-20-25(17-18-32(29)38-33(27)28)31-21-30(22-9-3-1-4-10-22)36-34(37-31)23-11-5-2-6-12-23/h1-13,15-21,26-27,33H,14H2. The van der Waals surface area contributed by atoms with Crippen LogP contribution in [0, 0.1) is 5.92 Å². The normalized spacial score (nSPS) is 21.2. The van der Waals surface area contributed by atoms with Gasteiger partial charge in [-0.05, 0) is 36.3 Å². The Morgan fingerprint density at radius 2 is 1.53 bits per heavy atom. The molecule has 1 aliphatic heterocycles. The Bertz CT molecular complexity index is 1580. The molecule has 0 N–H and O–H groups in total. The van der Waals surface area contributed by atoms with Gasteiger partial charge in [-0.2, -0.15) is 0 Å². The summed E-state index contributed by atoms with van der Waals surface area (Å²) >= 11 is 3.76. The molecule has 3 nitrogen and oxygen atoms in total. The molecule has 4 heteroatoms. The Labute approximate surface area is 231 Å². The highest BCUT2D eigenvalue weighted by atomic mass is 79.9. The molecule has 4 aromatic rings. The average Bonchev–Trinajstić information content (AvgIpc) is 3.36. The van der Waals surface area contributed by atoms with E-state index in [4.69, 9.17) is 14.7 Å². The van der Waals surface area contributed by atoms with Gasteiger partial charge in [0.25, 0.3) is 0 Å². The van der Waals surface area contributed by atoms with Gasteiger partial charge < -0.3 is 4.74 Å². The van der Waals surface area contributed by atoms with E-state index in [-0.39, 0.29) is 12.0 Å². The predicted molar refractivity (Wildman–Crippen MR) is 158 cm³/mol. The molecule has 184 valence electrons. The van der Waals surface area contributed by atoms with Crippen molar-refractivity contribution in [1.82, 2.24) is 9.97 Å². The minimum Gasteiger partial charge on any atom is -0.484 e. The SMILES string of the molecule is BrC1C=C(C2C=CC=C3c4cc(-c5cc(-c6ccccc6)nc(-c6ccccc6)n5)ccc4OC32)C=CC1. The zero-order valence-corrected chi connectivity index (χ0v) is 22.3. The molecule has 7 rings (SSSR count). The quantitative estimate of drug-likeness (QED) is 0.236. The third-order valence-electron chi connectivity index (χ3n) is 7.32. The van der Waals surface area contributed by atoms with E-state index in [1.165, 1.54) is 11.1 Å². The number of allylic oxidation sites excluding steroid dienone is 5. The second-order valence-electron chi connectivity index (χ2n) is 9.80. The maximum atomic E-state index is 6.55. The number of hydrogen-bond acceptors (Lipinski definition) is 3. The van der Waals surface area contributed by atoms with Crippen molar-refractivity contribution in [2.24, 2.45) is 5.92 Å². The Morgan fingerprint density at radius 3 is 2.29 bits per heavy atom. The summed E-state index contributed by atoms with van der Waals surface area (Å²) in [6.45, 7) is 0. The van der Waals surface area contributed by atoms with Crippen LogP contribution in [0.2, 0.25) is 0 Å². The third kappa shape index (κ3) is 4.25. The van der Waals surface area contributed by atoms with Gasteiger partial charge in [0.05, 0.1) is 11.4 Å². The first-order chi connectivity index (χ1) is 18.7. The van der Waals surface area contributed by atoms with Crippen LogP contribution in [-0.2, 0) is 0 Å². The molecule has 0 amide bonds. The van der Waals surface area contributed by atoms with Gasteiger partial charge >= 0.3 is 0 Å². The molecular formula is C34H25BrN2O. The summed E-state index contributed by atoms with van der Waals surface area (Å²) in [7, 11) is 0. The van der Waals surface area contributed by atoms with Crippen LogP contribution in [0.4, 0.5) is 0 Å². The van der Waals surface area contributed by atoms with Crippen LogP contribution in [-0.4, -0.2) is 20.9 Å². The van der Waals surface area contributed by atoms with Crippen LogP contribution >= 0.6 is 15.9 Å². The van der Waals surface area contributed by atoms with Crippen molar-refractivity contribution in [3.8, 4) is 39.7 Å². The summed E-state index contributed by atoms with van der Waals surface area (Å²) in [6, 6.07) is 29.0. The highest BCUT2D eigenvalue weighted by molar-refractivity contribution is 9.09. The summed E-state index contributed by atoms with van der Waals surface area (Å²) in [6.07, 6.45) is 14.4. The van der Waals surface area contributed by atoms with Crippen LogP contribution in [0.15, 0.2) is 127 Å². The minimum absolute atomic E-state index is 0.0240. The maximum Gasteiger partial charge on any atom is 0.160 e. The van der Waals surface area contributed by atoms with Crippen molar-refractivity contribution in [2.75, 3.05) is 0 Å². The molecular weight excluding hydrogens is 532 g/mol. The van der Waals surface area contributed by atoms with Crippen LogP contribution in [0.5, 0.6) is 5.75 Å². The van der Waals surface area contributed by atoms with Crippen LogP contribution < -0.4 is 4.74 Å². The van der Waals surface area contributed by atoms with E-state index in [9.17, 15) is 0 Å². The molecule has 0 saturated carbocycles. The number of benzene rings is 3. The van der Waals surface area contributed by atoms with Crippen LogP contribution in [0.25, 0.3) is 39.5 Å². The van der Waals surface area contributed by atoms with Gasteiger partial charge in [-0.3, -0.25) is 0 Å². The van der Waals surface area contributed by atoms with Crippen molar-refractivity contribution in [1.29, 1.82) is 0 Å². The molecule has 3 aliphatic rings. The van der Waals surface area contributed by atoms with Crippen LogP contribution in [0.1, 0.15) is 12.0 Å². The second kappa shape index (κ2) is 9.70. The first-order valence-corrected chi connectivity index (χ1v) is 13.9. The van der Waals surface area contributed by atoms with Crippen molar-refractivity contribution < 1.29 is 4.74 Å². The fraction of sp³-hybridized carbons (Fsp3) is 0.118. The molecule has 0 saturated heterocycles. The lowest BCUT2D eigenvalue weighted by Gasteiger charge is -2.27. The Hall–Kier alpha value is -4.02. The zero-order chi connectivity index (χ0) is 25.5. The molecule has 38 heavy (non-hydrogen) atoms. The number of nitrogens with zero attached hydrogens (tertiary/aromatic N) is 2. The second-order valence-corrected chi connectivity index (χ2v) is 11.0. The number of hydrogen-bond donors (Lipinski definition) is 0. The molecule has 0 fully saturated rings. The predicted octanol–water partition coefficient (Wildman–Crippen LogP) is 8.46. The highest BCUT2D eigenvalue weighted by Gasteiger charge is 2.37. The monoisotopic (exact) mass is 556 g/mol. The fourth-order valence-corrected chi connectivity index (χ4v) is 5.97.